The number of nitrogens with zero attached hydrogens (tertiary/aromatic N) is 4. The lowest BCUT2D eigenvalue weighted by Gasteiger charge is -2.54. The maximum absolute atomic E-state index is 4.85. The van der Waals surface area contributed by atoms with Crippen LogP contribution >= 0.6 is 0 Å². The van der Waals surface area contributed by atoms with Crippen LogP contribution in [0.25, 0.3) is 10.8 Å². The molecule has 24 heavy (non-hydrogen) atoms. The minimum Gasteiger partial charge on any atom is -0.337 e. The van der Waals surface area contributed by atoms with Crippen LogP contribution in [0.1, 0.15) is 12.8 Å². The van der Waals surface area contributed by atoms with Gasteiger partial charge in [0.05, 0.1) is 12.1 Å². The zero-order valence-electron chi connectivity index (χ0n) is 14.1. The van der Waals surface area contributed by atoms with E-state index in [4.69, 9.17) is 4.99 Å². The predicted molar refractivity (Wildman–Crippen MR) is 97.3 cm³/mol. The van der Waals surface area contributed by atoms with Crippen LogP contribution in [0.4, 0.5) is 5.82 Å². The highest BCUT2D eigenvalue weighted by atomic mass is 15.4. The molecule has 4 aliphatic heterocycles. The molecule has 1 aromatic heterocycles. The fourth-order valence-corrected chi connectivity index (χ4v) is 4.73. The molecule has 2 bridgehead atoms. The van der Waals surface area contributed by atoms with E-state index in [1.165, 1.54) is 36.7 Å². The smallest absolute Gasteiger partial charge is 0.200 e. The van der Waals surface area contributed by atoms with Crippen molar-refractivity contribution in [3.05, 3.63) is 36.5 Å². The predicted octanol–water partition coefficient (Wildman–Crippen LogP) is 2.41. The van der Waals surface area contributed by atoms with Crippen LogP contribution in [0.15, 0.2) is 41.5 Å². The van der Waals surface area contributed by atoms with Crippen molar-refractivity contribution in [1.82, 2.24) is 14.8 Å². The van der Waals surface area contributed by atoms with Crippen molar-refractivity contribution < 1.29 is 0 Å². The van der Waals surface area contributed by atoms with Crippen LogP contribution in [0.3, 0.4) is 0 Å². The summed E-state index contributed by atoms with van der Waals surface area (Å²) in [5.74, 6) is 2.60. The zero-order chi connectivity index (χ0) is 16.1. The van der Waals surface area contributed by atoms with Gasteiger partial charge < -0.3 is 15.1 Å². The highest BCUT2D eigenvalue weighted by molar-refractivity contribution is 5.96. The van der Waals surface area contributed by atoms with Gasteiger partial charge in [-0.25, -0.2) is 4.98 Å². The van der Waals surface area contributed by atoms with Crippen LogP contribution in [0, 0.1) is 5.92 Å². The summed E-state index contributed by atoms with van der Waals surface area (Å²) < 4.78 is 0. The van der Waals surface area contributed by atoms with E-state index in [2.05, 4.69) is 51.4 Å². The normalized spacial score (nSPS) is 31.7. The van der Waals surface area contributed by atoms with E-state index in [0.29, 0.717) is 0 Å². The van der Waals surface area contributed by atoms with Crippen molar-refractivity contribution in [3.8, 4) is 0 Å². The van der Waals surface area contributed by atoms with E-state index in [1.807, 2.05) is 12.3 Å². The van der Waals surface area contributed by atoms with Crippen LogP contribution in [-0.4, -0.2) is 59.5 Å². The summed E-state index contributed by atoms with van der Waals surface area (Å²) in [5, 5.41) is 5.83. The molecule has 3 fully saturated rings. The first-order chi connectivity index (χ1) is 11.7. The lowest BCUT2D eigenvalue weighted by Crippen LogP contribution is -2.66. The Kier molecular flexibility index (Phi) is 3.07. The largest absolute Gasteiger partial charge is 0.337 e. The van der Waals surface area contributed by atoms with Crippen molar-refractivity contribution in [2.75, 3.05) is 38.5 Å². The van der Waals surface area contributed by atoms with Gasteiger partial charge in [0.1, 0.15) is 5.82 Å². The molecule has 0 aliphatic carbocycles. The summed E-state index contributed by atoms with van der Waals surface area (Å²) in [6, 6.07) is 10.4. The minimum absolute atomic E-state index is 0.190. The van der Waals surface area contributed by atoms with Gasteiger partial charge in [-0.05, 0) is 43.3 Å². The van der Waals surface area contributed by atoms with Crippen LogP contribution in [-0.2, 0) is 0 Å². The van der Waals surface area contributed by atoms with Crippen molar-refractivity contribution in [2.45, 2.75) is 18.4 Å². The highest BCUT2D eigenvalue weighted by Crippen LogP contribution is 2.41. The second-order valence-corrected chi connectivity index (χ2v) is 7.39. The third kappa shape index (κ3) is 2.04. The summed E-state index contributed by atoms with van der Waals surface area (Å²) >= 11 is 0. The first-order valence-electron chi connectivity index (χ1n) is 8.87. The minimum atomic E-state index is 0.190. The standard InChI is InChI=1S/C19H23N5/c1-23-18(21-12-19(23)13-24-8-6-16(19)7-9-24)22-17-10-14-4-2-3-5-15(14)11-20-17/h2-5,10-11,16H,6-9,12-13H2,1H3,(H,20,21,22). The number of pyridine rings is 1. The average molecular weight is 321 g/mol. The topological polar surface area (TPSA) is 43.8 Å². The third-order valence-electron chi connectivity index (χ3n) is 6.20. The number of piperidine rings is 3. The Bertz CT molecular complexity index is 808. The van der Waals surface area contributed by atoms with Crippen molar-refractivity contribution >= 4 is 22.5 Å². The molecular formula is C19H23N5. The molecule has 5 heteroatoms. The second-order valence-electron chi connectivity index (χ2n) is 7.39. The number of nitrogens with one attached hydrogen (secondary N) is 1. The number of guanidine groups is 1. The zero-order valence-corrected chi connectivity index (χ0v) is 14.1. The Morgan fingerprint density at radius 3 is 2.71 bits per heavy atom. The van der Waals surface area contributed by atoms with Crippen LogP contribution in [0.2, 0.25) is 0 Å². The SMILES string of the molecule is CN1C(Nc2cc3ccccc3cn2)=NCC12CN1CCC2CC1. The van der Waals surface area contributed by atoms with Crippen molar-refractivity contribution in [3.63, 3.8) is 0 Å². The number of benzene rings is 1. The summed E-state index contributed by atoms with van der Waals surface area (Å²) in [5.41, 5.74) is 0.190. The van der Waals surface area contributed by atoms with E-state index < -0.39 is 0 Å². The molecule has 4 aliphatic rings. The van der Waals surface area contributed by atoms with Crippen LogP contribution in [0.5, 0.6) is 0 Å². The van der Waals surface area contributed by atoms with E-state index in [1.54, 1.807) is 0 Å². The number of likely N-dealkylation sites (N-methyl/N-ethyl adjacent to an activating group) is 1. The number of fused-ring (bicyclic) bond motifs is 3. The highest BCUT2D eigenvalue weighted by Gasteiger charge is 2.52. The van der Waals surface area contributed by atoms with Gasteiger partial charge in [-0.1, -0.05) is 24.3 Å². The molecule has 0 radical (unpaired) electrons. The summed E-state index contributed by atoms with van der Waals surface area (Å²) in [7, 11) is 2.20. The van der Waals surface area contributed by atoms with E-state index in [9.17, 15) is 0 Å². The Balaban J connectivity index is 1.39. The molecule has 1 aromatic carbocycles. The first-order valence-corrected chi connectivity index (χ1v) is 8.87. The molecule has 2 aromatic rings. The van der Waals surface area contributed by atoms with Gasteiger partial charge in [-0.3, -0.25) is 4.99 Å². The van der Waals surface area contributed by atoms with E-state index >= 15 is 0 Å². The maximum Gasteiger partial charge on any atom is 0.200 e. The maximum atomic E-state index is 4.85. The molecule has 3 saturated heterocycles. The third-order valence-corrected chi connectivity index (χ3v) is 6.20. The summed E-state index contributed by atoms with van der Waals surface area (Å²) in [4.78, 5) is 14.4. The number of hydrogen-bond acceptors (Lipinski definition) is 5. The molecule has 1 N–H and O–H groups in total. The van der Waals surface area contributed by atoms with Gasteiger partial charge in [0.2, 0.25) is 0 Å². The molecule has 6 rings (SSSR count). The van der Waals surface area contributed by atoms with Crippen molar-refractivity contribution in [1.29, 1.82) is 0 Å². The molecule has 0 amide bonds. The first kappa shape index (κ1) is 14.2. The Labute approximate surface area is 142 Å². The fourth-order valence-electron chi connectivity index (χ4n) is 4.73. The Hall–Kier alpha value is -2.14. The van der Waals surface area contributed by atoms with E-state index in [0.717, 1.165) is 30.8 Å². The lowest BCUT2D eigenvalue weighted by molar-refractivity contribution is -0.0199. The number of anilines is 1. The Morgan fingerprint density at radius 1 is 1.17 bits per heavy atom. The Morgan fingerprint density at radius 2 is 1.96 bits per heavy atom. The average Bonchev–Trinajstić information content (AvgIpc) is 2.92. The number of hydrogen-bond donors (Lipinski definition) is 1. The number of aromatic nitrogens is 1. The lowest BCUT2D eigenvalue weighted by atomic mass is 9.72. The number of aliphatic imine (C=N–C) groups is 1. The molecule has 1 spiro atoms. The molecule has 1 unspecified atom stereocenters. The molecule has 1 atom stereocenters. The molecular weight excluding hydrogens is 298 g/mol. The molecule has 5 nitrogen and oxygen atoms in total. The monoisotopic (exact) mass is 321 g/mol. The molecule has 5 heterocycles. The fraction of sp³-hybridized carbons (Fsp3) is 0.474. The molecule has 0 saturated carbocycles. The van der Waals surface area contributed by atoms with E-state index in [-0.39, 0.29) is 5.54 Å². The van der Waals surface area contributed by atoms with Gasteiger partial charge in [0, 0.05) is 25.2 Å². The number of rotatable bonds is 1. The van der Waals surface area contributed by atoms with Gasteiger partial charge in [-0.2, -0.15) is 0 Å². The summed E-state index contributed by atoms with van der Waals surface area (Å²) in [6.45, 7) is 4.57. The van der Waals surface area contributed by atoms with Gasteiger partial charge >= 0.3 is 0 Å². The van der Waals surface area contributed by atoms with Crippen LogP contribution < -0.4 is 5.32 Å². The van der Waals surface area contributed by atoms with Gasteiger partial charge in [-0.15, -0.1) is 0 Å². The second kappa shape index (κ2) is 5.18. The summed E-state index contributed by atoms with van der Waals surface area (Å²) in [6.07, 6.45) is 4.54. The van der Waals surface area contributed by atoms with Gasteiger partial charge in [0.25, 0.3) is 0 Å². The van der Waals surface area contributed by atoms with Gasteiger partial charge in [0.15, 0.2) is 5.96 Å². The van der Waals surface area contributed by atoms with Crippen molar-refractivity contribution in [2.24, 2.45) is 10.9 Å². The molecule has 124 valence electrons. The quantitative estimate of drug-likeness (QED) is 0.876.